The van der Waals surface area contributed by atoms with E-state index in [1.54, 1.807) is 0 Å². The molecule has 1 aliphatic rings. The van der Waals surface area contributed by atoms with Crippen LogP contribution in [0.15, 0.2) is 22.8 Å². The van der Waals surface area contributed by atoms with Crippen LogP contribution < -0.4 is 4.90 Å². The van der Waals surface area contributed by atoms with E-state index in [9.17, 15) is 0 Å². The van der Waals surface area contributed by atoms with Crippen LogP contribution in [-0.2, 0) is 0 Å². The van der Waals surface area contributed by atoms with Gasteiger partial charge in [0.2, 0.25) is 0 Å². The van der Waals surface area contributed by atoms with Crippen LogP contribution in [-0.4, -0.2) is 18.1 Å². The third-order valence-corrected chi connectivity index (χ3v) is 3.12. The maximum Gasteiger partial charge on any atom is 0.129 e. The number of anilines is 1. The lowest BCUT2D eigenvalue weighted by atomic mass is 9.95. The zero-order valence-electron chi connectivity index (χ0n) is 8.41. The number of pyridine rings is 1. The molecule has 0 N–H and O–H groups in total. The zero-order chi connectivity index (χ0) is 9.97. The molecule has 3 heteroatoms. The lowest BCUT2D eigenvalue weighted by Crippen LogP contribution is -2.47. The van der Waals surface area contributed by atoms with Crippen molar-refractivity contribution in [3.05, 3.63) is 22.8 Å². The molecule has 0 aromatic carbocycles. The summed E-state index contributed by atoms with van der Waals surface area (Å²) in [5.74, 6) is 1.99. The summed E-state index contributed by atoms with van der Waals surface area (Å²) < 4.78 is 0.925. The summed E-state index contributed by atoms with van der Waals surface area (Å²) in [5.41, 5.74) is 0. The average molecular weight is 255 g/mol. The predicted molar refractivity (Wildman–Crippen MR) is 62.5 cm³/mol. The van der Waals surface area contributed by atoms with Gasteiger partial charge in [0.1, 0.15) is 10.4 Å². The minimum Gasteiger partial charge on any atom is -0.356 e. The smallest absolute Gasteiger partial charge is 0.129 e. The Balaban J connectivity index is 1.93. The fourth-order valence-electron chi connectivity index (χ4n) is 1.92. The fourth-order valence-corrected chi connectivity index (χ4v) is 2.26. The molecule has 1 saturated heterocycles. The van der Waals surface area contributed by atoms with Crippen LogP contribution in [0.25, 0.3) is 0 Å². The Bertz CT molecular complexity index is 308. The number of aromatic nitrogens is 1. The lowest BCUT2D eigenvalue weighted by Gasteiger charge is -2.40. The van der Waals surface area contributed by atoms with Crippen molar-refractivity contribution in [2.75, 3.05) is 18.0 Å². The Kier molecular flexibility index (Phi) is 3.06. The molecule has 0 radical (unpaired) electrons. The van der Waals surface area contributed by atoms with Crippen molar-refractivity contribution in [2.24, 2.45) is 5.92 Å². The lowest BCUT2D eigenvalue weighted by molar-refractivity contribution is 0.378. The van der Waals surface area contributed by atoms with E-state index in [2.05, 4.69) is 38.8 Å². The molecule has 1 fully saturated rings. The van der Waals surface area contributed by atoms with Crippen molar-refractivity contribution in [1.29, 1.82) is 0 Å². The van der Waals surface area contributed by atoms with E-state index >= 15 is 0 Å². The van der Waals surface area contributed by atoms with Crippen LogP contribution in [0.1, 0.15) is 19.8 Å². The van der Waals surface area contributed by atoms with Crippen molar-refractivity contribution in [2.45, 2.75) is 19.8 Å². The van der Waals surface area contributed by atoms with Crippen LogP contribution in [0.2, 0.25) is 0 Å². The Morgan fingerprint density at radius 2 is 2.29 bits per heavy atom. The normalized spacial score (nSPS) is 16.9. The number of nitrogens with zero attached hydrogens (tertiary/aromatic N) is 2. The van der Waals surface area contributed by atoms with Gasteiger partial charge in [-0.1, -0.05) is 19.4 Å². The first-order valence-electron chi connectivity index (χ1n) is 5.17. The standard InChI is InChI=1S/C11H15BrN2/c1-2-4-9-7-14(8-9)11-6-3-5-10(12)13-11/h3,5-6,9H,2,4,7-8H2,1H3. The summed E-state index contributed by atoms with van der Waals surface area (Å²) in [5, 5.41) is 0. The van der Waals surface area contributed by atoms with Gasteiger partial charge < -0.3 is 4.90 Å². The molecule has 76 valence electrons. The summed E-state index contributed by atoms with van der Waals surface area (Å²) in [6.07, 6.45) is 2.65. The molecule has 14 heavy (non-hydrogen) atoms. The number of hydrogen-bond donors (Lipinski definition) is 0. The molecule has 0 aliphatic carbocycles. The average Bonchev–Trinajstić information content (AvgIpc) is 2.10. The molecular weight excluding hydrogens is 240 g/mol. The Labute approximate surface area is 93.5 Å². The van der Waals surface area contributed by atoms with Gasteiger partial charge in [-0.25, -0.2) is 4.98 Å². The van der Waals surface area contributed by atoms with E-state index in [0.29, 0.717) is 0 Å². The quantitative estimate of drug-likeness (QED) is 0.771. The molecule has 2 heterocycles. The molecule has 0 spiro atoms. The Morgan fingerprint density at radius 1 is 1.50 bits per heavy atom. The van der Waals surface area contributed by atoms with Gasteiger partial charge in [0.15, 0.2) is 0 Å². The van der Waals surface area contributed by atoms with Gasteiger partial charge in [0, 0.05) is 13.1 Å². The first kappa shape index (κ1) is 9.97. The SMILES string of the molecule is CCCC1CN(c2cccc(Br)n2)C1. The van der Waals surface area contributed by atoms with Gasteiger partial charge in [-0.3, -0.25) is 0 Å². The predicted octanol–water partition coefficient (Wildman–Crippen LogP) is 3.08. The first-order chi connectivity index (χ1) is 6.79. The molecule has 0 saturated carbocycles. The van der Waals surface area contributed by atoms with E-state index in [4.69, 9.17) is 0 Å². The van der Waals surface area contributed by atoms with Crippen LogP contribution >= 0.6 is 15.9 Å². The van der Waals surface area contributed by atoms with Crippen molar-refractivity contribution in [3.63, 3.8) is 0 Å². The zero-order valence-corrected chi connectivity index (χ0v) is 10.00. The molecule has 0 amide bonds. The maximum atomic E-state index is 4.43. The highest BCUT2D eigenvalue weighted by Gasteiger charge is 2.26. The summed E-state index contributed by atoms with van der Waals surface area (Å²) in [6, 6.07) is 6.08. The third kappa shape index (κ3) is 2.08. The van der Waals surface area contributed by atoms with Crippen LogP contribution in [0, 0.1) is 5.92 Å². The molecule has 0 unspecified atom stereocenters. The summed E-state index contributed by atoms with van der Waals surface area (Å²) in [7, 11) is 0. The molecule has 1 aromatic rings. The monoisotopic (exact) mass is 254 g/mol. The van der Waals surface area contributed by atoms with Crippen molar-refractivity contribution < 1.29 is 0 Å². The topological polar surface area (TPSA) is 16.1 Å². The molecule has 1 aliphatic heterocycles. The van der Waals surface area contributed by atoms with Crippen molar-refractivity contribution >= 4 is 21.7 Å². The molecule has 0 atom stereocenters. The van der Waals surface area contributed by atoms with E-state index in [0.717, 1.165) is 16.3 Å². The second-order valence-electron chi connectivity index (χ2n) is 3.88. The summed E-state index contributed by atoms with van der Waals surface area (Å²) in [4.78, 5) is 6.77. The molecule has 2 rings (SSSR count). The highest BCUT2D eigenvalue weighted by atomic mass is 79.9. The number of rotatable bonds is 3. The molecular formula is C11H15BrN2. The largest absolute Gasteiger partial charge is 0.356 e. The summed E-state index contributed by atoms with van der Waals surface area (Å²) >= 11 is 3.39. The van der Waals surface area contributed by atoms with E-state index in [1.165, 1.54) is 25.9 Å². The van der Waals surface area contributed by atoms with Gasteiger partial charge in [-0.2, -0.15) is 0 Å². The highest BCUT2D eigenvalue weighted by Crippen LogP contribution is 2.26. The molecule has 1 aromatic heterocycles. The molecule has 0 bridgehead atoms. The van der Waals surface area contributed by atoms with Crippen molar-refractivity contribution in [1.82, 2.24) is 4.98 Å². The second-order valence-corrected chi connectivity index (χ2v) is 4.69. The third-order valence-electron chi connectivity index (χ3n) is 2.68. The Hall–Kier alpha value is -0.570. The van der Waals surface area contributed by atoms with Gasteiger partial charge >= 0.3 is 0 Å². The van der Waals surface area contributed by atoms with Crippen molar-refractivity contribution in [3.8, 4) is 0 Å². The second kappa shape index (κ2) is 4.30. The van der Waals surface area contributed by atoms with Gasteiger partial charge in [0.05, 0.1) is 0 Å². The maximum absolute atomic E-state index is 4.43. The number of halogens is 1. The van der Waals surface area contributed by atoms with E-state index < -0.39 is 0 Å². The van der Waals surface area contributed by atoms with Gasteiger partial charge in [-0.05, 0) is 40.4 Å². The van der Waals surface area contributed by atoms with Crippen LogP contribution in [0.5, 0.6) is 0 Å². The first-order valence-corrected chi connectivity index (χ1v) is 5.96. The van der Waals surface area contributed by atoms with Crippen LogP contribution in [0.4, 0.5) is 5.82 Å². The van der Waals surface area contributed by atoms with Crippen LogP contribution in [0.3, 0.4) is 0 Å². The minimum atomic E-state index is 0.890. The number of hydrogen-bond acceptors (Lipinski definition) is 2. The fraction of sp³-hybridized carbons (Fsp3) is 0.545. The Morgan fingerprint density at radius 3 is 2.93 bits per heavy atom. The van der Waals surface area contributed by atoms with E-state index in [-0.39, 0.29) is 0 Å². The van der Waals surface area contributed by atoms with E-state index in [1.807, 2.05) is 12.1 Å². The van der Waals surface area contributed by atoms with Gasteiger partial charge in [-0.15, -0.1) is 0 Å². The van der Waals surface area contributed by atoms with Gasteiger partial charge in [0.25, 0.3) is 0 Å². The molecule has 2 nitrogen and oxygen atoms in total. The highest BCUT2D eigenvalue weighted by molar-refractivity contribution is 9.10. The summed E-state index contributed by atoms with van der Waals surface area (Å²) in [6.45, 7) is 4.61. The minimum absolute atomic E-state index is 0.890.